The lowest BCUT2D eigenvalue weighted by atomic mass is 10.1. The van der Waals surface area contributed by atoms with Crippen LogP contribution in [0.1, 0.15) is 19.4 Å². The van der Waals surface area contributed by atoms with Gasteiger partial charge in [0.15, 0.2) is 12.6 Å². The standard InChI is InChI=1S/C16H24F3N3O2/c1-15(2,23-4)10-22-14(20-3)21-9-12-7-5-6-8-13(12)24-11-16(17,18)19/h5-8H,9-11H2,1-4H3,(H2,20,21,22). The van der Waals surface area contributed by atoms with Crippen LogP contribution in [0, 0.1) is 0 Å². The maximum atomic E-state index is 12.3. The number of alkyl halides is 3. The molecule has 24 heavy (non-hydrogen) atoms. The van der Waals surface area contributed by atoms with Crippen molar-refractivity contribution in [1.29, 1.82) is 0 Å². The molecule has 0 aliphatic rings. The highest BCUT2D eigenvalue weighted by Gasteiger charge is 2.28. The molecule has 8 heteroatoms. The van der Waals surface area contributed by atoms with E-state index in [9.17, 15) is 13.2 Å². The third-order valence-corrected chi connectivity index (χ3v) is 3.27. The van der Waals surface area contributed by atoms with Gasteiger partial charge >= 0.3 is 6.18 Å². The van der Waals surface area contributed by atoms with Crippen LogP contribution in [-0.4, -0.2) is 45.0 Å². The van der Waals surface area contributed by atoms with Gasteiger partial charge in [0.05, 0.1) is 5.60 Å². The number of aliphatic imine (C=N–C) groups is 1. The minimum absolute atomic E-state index is 0.190. The van der Waals surface area contributed by atoms with Crippen molar-refractivity contribution in [2.24, 2.45) is 4.99 Å². The monoisotopic (exact) mass is 347 g/mol. The third kappa shape index (κ3) is 7.54. The lowest BCUT2D eigenvalue weighted by molar-refractivity contribution is -0.153. The van der Waals surface area contributed by atoms with Gasteiger partial charge in [-0.3, -0.25) is 4.99 Å². The molecular weight excluding hydrogens is 323 g/mol. The van der Waals surface area contributed by atoms with E-state index in [4.69, 9.17) is 9.47 Å². The predicted octanol–water partition coefficient (Wildman–Crippen LogP) is 2.72. The van der Waals surface area contributed by atoms with Crippen molar-refractivity contribution in [2.45, 2.75) is 32.2 Å². The van der Waals surface area contributed by atoms with Gasteiger partial charge < -0.3 is 20.1 Å². The maximum Gasteiger partial charge on any atom is 0.422 e. The molecule has 0 atom stereocenters. The van der Waals surface area contributed by atoms with E-state index in [0.29, 0.717) is 18.1 Å². The number of halogens is 3. The zero-order chi connectivity index (χ0) is 18.2. The zero-order valence-corrected chi connectivity index (χ0v) is 14.3. The number of hydrogen-bond donors (Lipinski definition) is 2. The Morgan fingerprint density at radius 2 is 1.83 bits per heavy atom. The zero-order valence-electron chi connectivity index (χ0n) is 14.3. The van der Waals surface area contributed by atoms with E-state index in [1.807, 2.05) is 13.8 Å². The van der Waals surface area contributed by atoms with Gasteiger partial charge in [-0.2, -0.15) is 13.2 Å². The molecular formula is C16H24F3N3O2. The molecule has 0 saturated heterocycles. The van der Waals surface area contributed by atoms with Crippen LogP contribution in [-0.2, 0) is 11.3 Å². The van der Waals surface area contributed by atoms with Gasteiger partial charge in [0, 0.05) is 32.8 Å². The fourth-order valence-corrected chi connectivity index (χ4v) is 1.72. The van der Waals surface area contributed by atoms with Gasteiger partial charge in [-0.05, 0) is 19.9 Å². The van der Waals surface area contributed by atoms with Crippen LogP contribution in [0.15, 0.2) is 29.3 Å². The van der Waals surface area contributed by atoms with Crippen molar-refractivity contribution >= 4 is 5.96 Å². The number of nitrogens with zero attached hydrogens (tertiary/aromatic N) is 1. The second-order valence-electron chi connectivity index (χ2n) is 5.75. The minimum atomic E-state index is -4.37. The number of rotatable bonds is 7. The van der Waals surface area contributed by atoms with Gasteiger partial charge in [0.2, 0.25) is 0 Å². The number of methoxy groups -OCH3 is 1. The number of para-hydroxylation sites is 1. The Balaban J connectivity index is 2.62. The first-order chi connectivity index (χ1) is 11.2. The van der Waals surface area contributed by atoms with E-state index in [-0.39, 0.29) is 17.9 Å². The summed E-state index contributed by atoms with van der Waals surface area (Å²) in [4.78, 5) is 4.07. The van der Waals surface area contributed by atoms with E-state index in [1.54, 1.807) is 32.4 Å². The average Bonchev–Trinajstić information content (AvgIpc) is 2.53. The van der Waals surface area contributed by atoms with Crippen LogP contribution in [0.2, 0.25) is 0 Å². The molecule has 1 aromatic rings. The molecule has 0 aliphatic carbocycles. The van der Waals surface area contributed by atoms with E-state index < -0.39 is 12.8 Å². The van der Waals surface area contributed by atoms with Gasteiger partial charge in [-0.25, -0.2) is 0 Å². The number of hydrogen-bond acceptors (Lipinski definition) is 3. The summed E-state index contributed by atoms with van der Waals surface area (Å²) >= 11 is 0. The number of ether oxygens (including phenoxy) is 2. The fraction of sp³-hybridized carbons (Fsp3) is 0.562. The summed E-state index contributed by atoms with van der Waals surface area (Å²) in [5, 5.41) is 6.14. The second kappa shape index (κ2) is 8.77. The summed E-state index contributed by atoms with van der Waals surface area (Å²) in [5.41, 5.74) is 0.237. The first-order valence-corrected chi connectivity index (χ1v) is 7.44. The smallest absolute Gasteiger partial charge is 0.422 e. The Morgan fingerprint density at radius 1 is 1.17 bits per heavy atom. The highest BCUT2D eigenvalue weighted by Crippen LogP contribution is 2.22. The van der Waals surface area contributed by atoms with Crippen LogP contribution in [0.25, 0.3) is 0 Å². The predicted molar refractivity (Wildman–Crippen MR) is 87.3 cm³/mol. The van der Waals surface area contributed by atoms with Crippen LogP contribution >= 0.6 is 0 Å². The molecule has 0 fully saturated rings. The van der Waals surface area contributed by atoms with Crippen molar-refractivity contribution in [1.82, 2.24) is 10.6 Å². The molecule has 136 valence electrons. The number of nitrogens with one attached hydrogen (secondary N) is 2. The van der Waals surface area contributed by atoms with Crippen LogP contribution < -0.4 is 15.4 Å². The molecule has 1 aromatic carbocycles. The average molecular weight is 347 g/mol. The highest BCUT2D eigenvalue weighted by atomic mass is 19.4. The molecule has 0 spiro atoms. The first-order valence-electron chi connectivity index (χ1n) is 7.44. The van der Waals surface area contributed by atoms with Crippen LogP contribution in [0.3, 0.4) is 0 Å². The Morgan fingerprint density at radius 3 is 2.42 bits per heavy atom. The molecule has 0 aliphatic heterocycles. The Bertz CT molecular complexity index is 546. The van der Waals surface area contributed by atoms with E-state index in [1.165, 1.54) is 6.07 Å². The molecule has 0 amide bonds. The topological polar surface area (TPSA) is 54.9 Å². The van der Waals surface area contributed by atoms with E-state index >= 15 is 0 Å². The normalized spacial score (nSPS) is 12.9. The van der Waals surface area contributed by atoms with E-state index in [2.05, 4.69) is 15.6 Å². The lowest BCUT2D eigenvalue weighted by Gasteiger charge is -2.24. The van der Waals surface area contributed by atoms with Crippen molar-refractivity contribution in [2.75, 3.05) is 27.3 Å². The summed E-state index contributed by atoms with van der Waals surface area (Å²) in [7, 11) is 3.23. The Hall–Kier alpha value is -1.96. The summed E-state index contributed by atoms with van der Waals surface area (Å²) in [6, 6.07) is 6.57. The summed E-state index contributed by atoms with van der Waals surface area (Å²) in [5.74, 6) is 0.709. The largest absolute Gasteiger partial charge is 0.484 e. The first kappa shape index (κ1) is 20.1. The molecule has 0 saturated carbocycles. The Labute approximate surface area is 140 Å². The highest BCUT2D eigenvalue weighted by molar-refractivity contribution is 5.79. The summed E-state index contributed by atoms with van der Waals surface area (Å²) < 4.78 is 47.1. The Kier molecular flexibility index (Phi) is 7.34. The molecule has 1 rings (SSSR count). The minimum Gasteiger partial charge on any atom is -0.484 e. The SMILES string of the molecule is CN=C(NCc1ccccc1OCC(F)(F)F)NCC(C)(C)OC. The second-order valence-corrected chi connectivity index (χ2v) is 5.75. The van der Waals surface area contributed by atoms with Gasteiger partial charge in [0.25, 0.3) is 0 Å². The van der Waals surface area contributed by atoms with Crippen molar-refractivity contribution < 1.29 is 22.6 Å². The quantitative estimate of drug-likeness (QED) is 0.588. The van der Waals surface area contributed by atoms with Crippen molar-refractivity contribution in [3.63, 3.8) is 0 Å². The van der Waals surface area contributed by atoms with E-state index in [0.717, 1.165) is 0 Å². The lowest BCUT2D eigenvalue weighted by Crippen LogP contribution is -2.45. The van der Waals surface area contributed by atoms with Crippen LogP contribution in [0.5, 0.6) is 5.75 Å². The molecule has 0 heterocycles. The third-order valence-electron chi connectivity index (χ3n) is 3.27. The maximum absolute atomic E-state index is 12.3. The molecule has 0 unspecified atom stereocenters. The molecule has 0 radical (unpaired) electrons. The van der Waals surface area contributed by atoms with Gasteiger partial charge in [0.1, 0.15) is 5.75 Å². The van der Waals surface area contributed by atoms with Crippen molar-refractivity contribution in [3.05, 3.63) is 29.8 Å². The molecule has 5 nitrogen and oxygen atoms in total. The summed E-state index contributed by atoms with van der Waals surface area (Å²) in [6.07, 6.45) is -4.37. The fourth-order valence-electron chi connectivity index (χ4n) is 1.72. The van der Waals surface area contributed by atoms with Gasteiger partial charge in [-0.15, -0.1) is 0 Å². The molecule has 0 bridgehead atoms. The summed E-state index contributed by atoms with van der Waals surface area (Å²) in [6.45, 7) is 3.33. The van der Waals surface area contributed by atoms with Crippen LogP contribution in [0.4, 0.5) is 13.2 Å². The van der Waals surface area contributed by atoms with Gasteiger partial charge in [-0.1, -0.05) is 18.2 Å². The molecule has 0 aromatic heterocycles. The van der Waals surface area contributed by atoms with Crippen molar-refractivity contribution in [3.8, 4) is 5.75 Å². The number of benzene rings is 1. The molecule has 2 N–H and O–H groups in total. The number of guanidine groups is 1.